The number of carboxylic acid groups (broad SMARTS) is 1. The summed E-state index contributed by atoms with van der Waals surface area (Å²) >= 11 is 3.92. The number of nitrogens with two attached hydrogens (primary N) is 4. The lowest BCUT2D eigenvalue weighted by molar-refractivity contribution is -0.142. The van der Waals surface area contributed by atoms with Crippen molar-refractivity contribution in [3.8, 4) is 0 Å². The summed E-state index contributed by atoms with van der Waals surface area (Å²) in [6.07, 6.45) is 1.54. The molecule has 0 aliphatic heterocycles. The molecule has 0 rings (SSSR count). The molecular formula is C27H53N13O8S. The van der Waals surface area contributed by atoms with Crippen LogP contribution >= 0.6 is 12.6 Å². The van der Waals surface area contributed by atoms with Gasteiger partial charge in [0.05, 0.1) is 12.6 Å². The van der Waals surface area contributed by atoms with E-state index in [0.29, 0.717) is 19.4 Å². The van der Waals surface area contributed by atoms with Crippen LogP contribution in [-0.4, -0.2) is 126 Å². The molecule has 21 nitrogen and oxygen atoms in total. The van der Waals surface area contributed by atoms with E-state index in [4.69, 9.17) is 33.8 Å². The summed E-state index contributed by atoms with van der Waals surface area (Å²) in [5, 5.41) is 51.0. The lowest BCUT2D eigenvalue weighted by Gasteiger charge is -2.26. The maximum absolute atomic E-state index is 13.3. The van der Waals surface area contributed by atoms with Crippen molar-refractivity contribution in [3.05, 3.63) is 0 Å². The molecule has 280 valence electrons. The van der Waals surface area contributed by atoms with E-state index in [2.05, 4.69) is 49.8 Å². The Morgan fingerprint density at radius 2 is 1.10 bits per heavy atom. The highest BCUT2D eigenvalue weighted by Crippen LogP contribution is 2.05. The second-order valence-corrected chi connectivity index (χ2v) is 11.4. The first-order chi connectivity index (χ1) is 23.1. The first-order valence-corrected chi connectivity index (χ1v) is 16.3. The summed E-state index contributed by atoms with van der Waals surface area (Å²) in [6, 6.07) is -7.57. The fourth-order valence-corrected chi connectivity index (χ4v) is 4.29. The van der Waals surface area contributed by atoms with Gasteiger partial charge in [0, 0.05) is 18.8 Å². The van der Waals surface area contributed by atoms with Crippen LogP contribution in [0.5, 0.6) is 0 Å². The van der Waals surface area contributed by atoms with E-state index < -0.39 is 78.4 Å². The van der Waals surface area contributed by atoms with Crippen LogP contribution in [0.3, 0.4) is 0 Å². The van der Waals surface area contributed by atoms with E-state index >= 15 is 0 Å². The molecule has 0 aliphatic rings. The van der Waals surface area contributed by atoms with Crippen molar-refractivity contribution >= 4 is 60.1 Å². The summed E-state index contributed by atoms with van der Waals surface area (Å²) in [7, 11) is 0. The summed E-state index contributed by atoms with van der Waals surface area (Å²) in [4.78, 5) is 76.4. The number of aliphatic carboxylic acids is 1. The molecule has 0 radical (unpaired) electrons. The van der Waals surface area contributed by atoms with Crippen LogP contribution in [-0.2, 0) is 28.8 Å². The first-order valence-electron chi connectivity index (χ1n) is 15.7. The van der Waals surface area contributed by atoms with Gasteiger partial charge >= 0.3 is 5.97 Å². The molecule has 0 bridgehead atoms. The van der Waals surface area contributed by atoms with Gasteiger partial charge in [-0.1, -0.05) is 0 Å². The van der Waals surface area contributed by atoms with E-state index in [1.165, 1.54) is 6.92 Å². The largest absolute Gasteiger partial charge is 0.480 e. The van der Waals surface area contributed by atoms with Crippen LogP contribution in [0.4, 0.5) is 0 Å². The van der Waals surface area contributed by atoms with E-state index in [1.807, 2.05) is 0 Å². The number of guanidine groups is 2. The molecule has 0 unspecified atom stereocenters. The number of carboxylic acids is 1. The number of carbonyl (C=O) groups excluding carboxylic acids is 5. The van der Waals surface area contributed by atoms with Crippen molar-refractivity contribution in [2.75, 3.05) is 32.0 Å². The number of aliphatic hydroxyl groups excluding tert-OH is 1. The molecule has 0 heterocycles. The molecule has 6 atom stereocenters. The highest BCUT2D eigenvalue weighted by molar-refractivity contribution is 7.80. The van der Waals surface area contributed by atoms with E-state index in [-0.39, 0.29) is 62.9 Å². The number of rotatable bonds is 25. The number of aliphatic hydroxyl groups is 1. The topological polar surface area (TPSA) is 379 Å². The third kappa shape index (κ3) is 19.2. The van der Waals surface area contributed by atoms with Gasteiger partial charge in [-0.05, 0) is 58.4 Å². The minimum Gasteiger partial charge on any atom is -0.480 e. The van der Waals surface area contributed by atoms with Crippen molar-refractivity contribution < 1.29 is 39.0 Å². The van der Waals surface area contributed by atoms with Crippen molar-refractivity contribution in [3.63, 3.8) is 0 Å². The summed E-state index contributed by atoms with van der Waals surface area (Å²) < 4.78 is 0. The molecule has 0 aromatic heterocycles. The molecule has 22 heteroatoms. The second-order valence-electron chi connectivity index (χ2n) is 11.0. The van der Waals surface area contributed by atoms with Gasteiger partial charge in [-0.25, -0.2) is 4.79 Å². The zero-order valence-corrected chi connectivity index (χ0v) is 28.4. The van der Waals surface area contributed by atoms with E-state index in [0.717, 1.165) is 0 Å². The second kappa shape index (κ2) is 24.7. The van der Waals surface area contributed by atoms with E-state index in [9.17, 15) is 39.0 Å². The maximum atomic E-state index is 13.3. The number of nitrogens with one attached hydrogen (secondary N) is 9. The summed E-state index contributed by atoms with van der Waals surface area (Å²) in [6.45, 7) is 1.17. The van der Waals surface area contributed by atoms with Crippen molar-refractivity contribution in [1.29, 1.82) is 10.8 Å². The molecule has 0 aliphatic carbocycles. The van der Waals surface area contributed by atoms with E-state index in [1.54, 1.807) is 0 Å². The lowest BCUT2D eigenvalue weighted by Crippen LogP contribution is -2.59. The molecule has 0 aromatic carbocycles. The predicted octanol–water partition coefficient (Wildman–Crippen LogP) is -5.58. The monoisotopic (exact) mass is 719 g/mol. The molecule has 49 heavy (non-hydrogen) atoms. The highest BCUT2D eigenvalue weighted by atomic mass is 32.1. The van der Waals surface area contributed by atoms with Gasteiger partial charge in [-0.15, -0.1) is 0 Å². The average molecular weight is 720 g/mol. The Balaban J connectivity index is 5.79. The number of unbranched alkanes of at least 4 members (excludes halogenated alkanes) is 1. The standard InChI is InChI=1S/C27H53N13O8S/c1-14(20(42)37-17(8-5-11-35-27(32)33)23(45)39-18(25(47)48)6-2-3-9-28)36-22(44)16(7-4-10-34-26(30)31)38-24(46)19(12-41)40-21(43)15(29)13-49/h14-19,41,49H,2-13,28-29H2,1H3,(H,36,44)(H,37,42)(H,38,46)(H,39,45)(H,40,43)(H,47,48)(H4,30,31,34)(H4,32,33,35)/t14-,15-,16-,17-,18-,19-/m0/s1. The molecule has 0 saturated carbocycles. The molecule has 0 spiro atoms. The summed E-state index contributed by atoms with van der Waals surface area (Å²) in [5.41, 5.74) is 21.7. The third-order valence-electron chi connectivity index (χ3n) is 6.90. The number of amides is 5. The van der Waals surface area contributed by atoms with Crippen LogP contribution in [0.25, 0.3) is 0 Å². The smallest absolute Gasteiger partial charge is 0.326 e. The van der Waals surface area contributed by atoms with Crippen LogP contribution < -0.4 is 60.2 Å². The Labute approximate surface area is 290 Å². The van der Waals surface area contributed by atoms with Crippen LogP contribution in [0, 0.1) is 10.8 Å². The molecular weight excluding hydrogens is 666 g/mol. The fourth-order valence-electron chi connectivity index (χ4n) is 4.12. The Hall–Kier alpha value is -4.41. The quantitative estimate of drug-likeness (QED) is 0.0181. The van der Waals surface area contributed by atoms with Gasteiger partial charge in [-0.2, -0.15) is 12.6 Å². The van der Waals surface area contributed by atoms with Gasteiger partial charge in [0.25, 0.3) is 0 Å². The summed E-state index contributed by atoms with van der Waals surface area (Å²) in [5.74, 6) is -6.04. The molecule has 0 saturated heterocycles. The van der Waals surface area contributed by atoms with Crippen LogP contribution in [0.15, 0.2) is 0 Å². The number of hydrogen-bond acceptors (Lipinski definition) is 12. The molecule has 19 N–H and O–H groups in total. The van der Waals surface area contributed by atoms with Gasteiger partial charge in [0.15, 0.2) is 11.9 Å². The minimum absolute atomic E-state index is 0.0145. The van der Waals surface area contributed by atoms with Crippen LogP contribution in [0.2, 0.25) is 0 Å². The highest BCUT2D eigenvalue weighted by Gasteiger charge is 2.31. The normalized spacial score (nSPS) is 14.4. The number of hydrogen-bond donors (Lipinski definition) is 16. The molecule has 0 fully saturated rings. The van der Waals surface area contributed by atoms with Gasteiger partial charge in [0.1, 0.15) is 30.2 Å². The molecule has 0 aromatic rings. The molecule has 5 amide bonds. The maximum Gasteiger partial charge on any atom is 0.326 e. The van der Waals surface area contributed by atoms with Crippen molar-refractivity contribution in [1.82, 2.24) is 37.2 Å². The van der Waals surface area contributed by atoms with Crippen LogP contribution in [0.1, 0.15) is 51.9 Å². The third-order valence-corrected chi connectivity index (χ3v) is 7.29. The Bertz CT molecular complexity index is 1130. The fraction of sp³-hybridized carbons (Fsp3) is 0.704. The predicted molar refractivity (Wildman–Crippen MR) is 183 cm³/mol. The van der Waals surface area contributed by atoms with Crippen molar-refractivity contribution in [2.45, 2.75) is 88.1 Å². The van der Waals surface area contributed by atoms with Gasteiger partial charge in [0.2, 0.25) is 29.5 Å². The minimum atomic E-state index is -1.47. The Morgan fingerprint density at radius 1 is 0.673 bits per heavy atom. The number of thiol groups is 1. The first kappa shape index (κ1) is 44.6. The Kier molecular flexibility index (Phi) is 22.5. The van der Waals surface area contributed by atoms with Gasteiger partial charge in [-0.3, -0.25) is 34.8 Å². The zero-order valence-electron chi connectivity index (χ0n) is 27.5. The van der Waals surface area contributed by atoms with Crippen molar-refractivity contribution in [2.24, 2.45) is 22.9 Å². The number of carbonyl (C=O) groups is 6. The SMILES string of the molecule is C[C@H](NC(=O)[C@H](CCCNC(=N)N)NC(=O)[C@H](CO)NC(=O)[C@@H](N)CS)C(=O)N[C@@H](CCCNC(=N)N)C(=O)N[C@@H](CCCCN)C(=O)O. The van der Waals surface area contributed by atoms with Gasteiger partial charge < -0.3 is 70.4 Å². The Morgan fingerprint density at radius 3 is 1.55 bits per heavy atom. The average Bonchev–Trinajstić information content (AvgIpc) is 3.04. The lowest BCUT2D eigenvalue weighted by atomic mass is 10.1. The zero-order chi connectivity index (χ0) is 37.5.